The summed E-state index contributed by atoms with van der Waals surface area (Å²) in [6.45, 7) is 8.66. The van der Waals surface area contributed by atoms with Crippen molar-refractivity contribution in [3.63, 3.8) is 0 Å². The number of amides is 3. The normalized spacial score (nSPS) is 15.5. The number of rotatable bonds is 0. The average Bonchev–Trinajstić information content (AvgIpc) is 1.60. The number of H-pyrrole nitrogens is 2. The first-order chi connectivity index (χ1) is 44.7. The van der Waals surface area contributed by atoms with Gasteiger partial charge >= 0.3 is 0 Å². The van der Waals surface area contributed by atoms with Crippen molar-refractivity contribution in [1.29, 1.82) is 0 Å². The lowest BCUT2D eigenvalue weighted by molar-refractivity contribution is 0.101. The van der Waals surface area contributed by atoms with Crippen LogP contribution in [-0.4, -0.2) is 42.8 Å². The molecule has 0 saturated heterocycles. The van der Waals surface area contributed by atoms with Crippen LogP contribution in [0.5, 0.6) is 0 Å². The summed E-state index contributed by atoms with van der Waals surface area (Å²) in [6.07, 6.45) is 8.04. The lowest BCUT2D eigenvalue weighted by Gasteiger charge is -2.27. The van der Waals surface area contributed by atoms with Gasteiger partial charge in [0, 0.05) is 112 Å². The summed E-state index contributed by atoms with van der Waals surface area (Å²) in [4.78, 5) is 63.8. The van der Waals surface area contributed by atoms with Crippen molar-refractivity contribution < 1.29 is 19.5 Å². The van der Waals surface area contributed by atoms with E-state index in [4.69, 9.17) is 9.97 Å². The Labute approximate surface area is 532 Å². The second kappa shape index (κ2) is 22.8. The third-order valence-electron chi connectivity index (χ3n) is 18.1. The van der Waals surface area contributed by atoms with Crippen LogP contribution in [0.2, 0.25) is 0 Å². The summed E-state index contributed by atoms with van der Waals surface area (Å²) >= 11 is 0. The number of nitrogens with one attached hydrogen (secondary N) is 6. The van der Waals surface area contributed by atoms with Gasteiger partial charge in [-0.25, -0.2) is 9.97 Å². The molecular formula is C80H64N8O4. The van der Waals surface area contributed by atoms with Crippen molar-refractivity contribution in [1.82, 2.24) is 19.9 Å². The number of aliphatic hydroxyl groups excluding tert-OH is 1. The Balaban J connectivity index is 1.08. The first kappa shape index (κ1) is 57.0. The minimum Gasteiger partial charge on any atom is -0.369 e. The van der Waals surface area contributed by atoms with E-state index in [0.29, 0.717) is 136 Å². The molecule has 20 bridgehead atoms. The van der Waals surface area contributed by atoms with Crippen LogP contribution in [0.25, 0.3) is 90.9 Å². The Bertz CT molecular complexity index is 5120. The average molecular weight is 1200 g/mol. The molecule has 1 unspecified atom stereocenters. The van der Waals surface area contributed by atoms with Crippen molar-refractivity contribution in [3.8, 4) is 44.5 Å². The molecule has 3 aromatic heterocycles. The van der Waals surface area contributed by atoms with Crippen LogP contribution in [0.15, 0.2) is 218 Å². The van der Waals surface area contributed by atoms with Gasteiger partial charge in [0.15, 0.2) is 6.23 Å². The monoisotopic (exact) mass is 1200 g/mol. The van der Waals surface area contributed by atoms with Gasteiger partial charge in [0.05, 0.1) is 22.8 Å². The maximum atomic E-state index is 15.0. The van der Waals surface area contributed by atoms with Crippen LogP contribution in [0.3, 0.4) is 0 Å². The zero-order chi connectivity index (χ0) is 62.8. The van der Waals surface area contributed by atoms with Gasteiger partial charge in [-0.1, -0.05) is 161 Å². The third kappa shape index (κ3) is 10.6. The van der Waals surface area contributed by atoms with Gasteiger partial charge < -0.3 is 36.3 Å². The molecule has 8 aromatic carbocycles. The SMILES string of the molecule is CC1(C)Cc2cccc(c2)C(=O)Nc2ccccc2-c2c3nc(c4c5ccc([nH]5)c(c5nc(c(c6ccc2[nH]6)-c2ccccc2NC(O)c2cccc(c2)C(C)(C)Cc2cccc(c2)C(=O)Nc2ccccc2-4)C=C5)-c2ccccc2NC(=O)c2cccc1c2)C=C3. The van der Waals surface area contributed by atoms with E-state index in [1.807, 2.05) is 237 Å². The number of carbonyl (C=O) groups excluding carboxylic acids is 3. The zero-order valence-electron chi connectivity index (χ0n) is 51.2. The summed E-state index contributed by atoms with van der Waals surface area (Å²) in [5.41, 5.74) is 18.2. The Morgan fingerprint density at radius 2 is 0.707 bits per heavy atom. The minimum absolute atomic E-state index is 0.291. The lowest BCUT2D eigenvalue weighted by Crippen LogP contribution is -2.22. The molecule has 7 N–H and O–H groups in total. The smallest absolute Gasteiger partial charge is 0.255 e. The minimum atomic E-state index is -1.15. The van der Waals surface area contributed by atoms with Crippen LogP contribution in [-0.2, 0) is 23.7 Å². The molecule has 448 valence electrons. The number of aliphatic hydroxyl groups is 1. The topological polar surface area (TPSA) is 177 Å². The summed E-state index contributed by atoms with van der Waals surface area (Å²) < 4.78 is 0. The van der Waals surface area contributed by atoms with E-state index < -0.39 is 17.1 Å². The number of para-hydroxylation sites is 4. The molecule has 6 aliphatic heterocycles. The fourth-order valence-electron chi connectivity index (χ4n) is 13.5. The molecule has 9 heterocycles. The molecule has 0 radical (unpaired) electrons. The van der Waals surface area contributed by atoms with Crippen molar-refractivity contribution in [2.75, 3.05) is 21.3 Å². The van der Waals surface area contributed by atoms with Crippen LogP contribution < -0.4 is 21.3 Å². The first-order valence-corrected chi connectivity index (χ1v) is 31.0. The number of fused-ring (bicyclic) bond motifs is 6. The van der Waals surface area contributed by atoms with E-state index in [-0.39, 0.29) is 17.7 Å². The van der Waals surface area contributed by atoms with Crippen LogP contribution in [0.1, 0.15) is 116 Å². The van der Waals surface area contributed by atoms with Crippen molar-refractivity contribution in [3.05, 3.63) is 286 Å². The van der Waals surface area contributed by atoms with Gasteiger partial charge in [0.25, 0.3) is 17.7 Å². The molecule has 3 amide bonds. The maximum absolute atomic E-state index is 15.0. The largest absolute Gasteiger partial charge is 0.369 e. The van der Waals surface area contributed by atoms with Crippen LogP contribution in [0.4, 0.5) is 22.7 Å². The first-order valence-electron chi connectivity index (χ1n) is 31.0. The highest BCUT2D eigenvalue weighted by atomic mass is 16.3. The van der Waals surface area contributed by atoms with Crippen molar-refractivity contribution >= 4 is 86.8 Å². The number of aromatic amines is 2. The number of hydrogen-bond acceptors (Lipinski definition) is 7. The second-order valence-electron chi connectivity index (χ2n) is 25.3. The van der Waals surface area contributed by atoms with E-state index >= 15 is 0 Å². The molecule has 12 heteroatoms. The summed E-state index contributed by atoms with van der Waals surface area (Å²) in [5, 5.41) is 26.0. The highest BCUT2D eigenvalue weighted by Crippen LogP contribution is 2.44. The van der Waals surface area contributed by atoms with E-state index in [1.165, 1.54) is 0 Å². The molecule has 0 saturated carbocycles. The van der Waals surface area contributed by atoms with Gasteiger partial charge in [0.2, 0.25) is 0 Å². The van der Waals surface area contributed by atoms with E-state index in [2.05, 4.69) is 65.0 Å². The number of carbonyl (C=O) groups is 3. The summed E-state index contributed by atoms with van der Waals surface area (Å²) in [7, 11) is 0. The molecular weight excluding hydrogens is 1140 g/mol. The van der Waals surface area contributed by atoms with Crippen LogP contribution in [0, 0.1) is 0 Å². The van der Waals surface area contributed by atoms with E-state index in [0.717, 1.165) is 33.4 Å². The quantitative estimate of drug-likeness (QED) is 0.0790. The Hall–Kier alpha value is -11.5. The van der Waals surface area contributed by atoms with Gasteiger partial charge in [0.1, 0.15) is 0 Å². The van der Waals surface area contributed by atoms with E-state index in [9.17, 15) is 19.5 Å². The standard InChI is InChI=1S/C80H64N8O4/c1-79(2)45-47-17-13-19-49(41-47)75(89)85-59-29-9-5-25-55(59)71-63-33-34-64(81-63)72-56-26-6-10-30-60(56)86-76(90)50-20-14-18-48(42-50)46-80(3,4)54-24-16-22-52(44-54)78(92)88-62-32-12-8-28-58(62)74(68-38-36-65(71)83-68)70-40-39-69(84-70)73(67-37-35-66(72)82-67)57-27-7-11-31-61(57)87-77(91)51-21-15-23-53(79)43-51/h5-44,77,82-83,87,91H,45-46H2,1-4H3,(H,85,89)(H,86,90)(H,88,92). The second-order valence-corrected chi connectivity index (χ2v) is 25.3. The van der Waals surface area contributed by atoms with Crippen LogP contribution >= 0.6 is 0 Å². The number of benzene rings is 8. The van der Waals surface area contributed by atoms with Gasteiger partial charge in [-0.05, 0) is 155 Å². The molecule has 6 aliphatic rings. The lowest BCUT2D eigenvalue weighted by atomic mass is 9.78. The number of anilines is 4. The highest BCUT2D eigenvalue weighted by molar-refractivity contribution is 6.12. The highest BCUT2D eigenvalue weighted by Gasteiger charge is 2.29. The summed E-state index contributed by atoms with van der Waals surface area (Å²) in [6, 6.07) is 70.6. The fourth-order valence-corrected chi connectivity index (χ4v) is 13.5. The maximum Gasteiger partial charge on any atom is 0.255 e. The summed E-state index contributed by atoms with van der Waals surface area (Å²) in [5.74, 6) is -0.885. The fraction of sp³-hybridized carbons (Fsp3) is 0.113. The molecule has 0 spiro atoms. The van der Waals surface area contributed by atoms with Gasteiger partial charge in [-0.15, -0.1) is 0 Å². The van der Waals surface area contributed by atoms with Crippen molar-refractivity contribution in [2.45, 2.75) is 57.6 Å². The molecule has 12 nitrogen and oxygen atoms in total. The Kier molecular flexibility index (Phi) is 14.2. The number of hydrogen-bond donors (Lipinski definition) is 7. The Morgan fingerprint density at radius 1 is 0.370 bits per heavy atom. The molecule has 11 aromatic rings. The molecule has 0 aliphatic carbocycles. The molecule has 0 fully saturated rings. The zero-order valence-corrected chi connectivity index (χ0v) is 51.2. The number of nitrogens with zero attached hydrogens (tertiary/aromatic N) is 2. The van der Waals surface area contributed by atoms with Crippen molar-refractivity contribution in [2.24, 2.45) is 0 Å². The van der Waals surface area contributed by atoms with Gasteiger partial charge in [-0.3, -0.25) is 14.4 Å². The molecule has 92 heavy (non-hydrogen) atoms. The molecule has 1 atom stereocenters. The van der Waals surface area contributed by atoms with Gasteiger partial charge in [-0.2, -0.15) is 0 Å². The predicted octanol–water partition coefficient (Wildman–Crippen LogP) is 17.9. The number of aromatic nitrogens is 4. The predicted molar refractivity (Wildman–Crippen MR) is 372 cm³/mol. The Morgan fingerprint density at radius 3 is 1.12 bits per heavy atom. The molecule has 17 rings (SSSR count). The third-order valence-corrected chi connectivity index (χ3v) is 18.1. The van der Waals surface area contributed by atoms with E-state index in [1.54, 1.807) is 0 Å².